The molecule has 6 heteroatoms. The first-order chi connectivity index (χ1) is 6.91. The van der Waals surface area contributed by atoms with E-state index in [1.54, 1.807) is 13.8 Å². The molecule has 0 aliphatic carbocycles. The van der Waals surface area contributed by atoms with Crippen molar-refractivity contribution in [3.8, 4) is 5.75 Å². The Balaban J connectivity index is 3.13. The number of hydrogen-bond donors (Lipinski definition) is 2. The van der Waals surface area contributed by atoms with Crippen LogP contribution in [0.2, 0.25) is 0 Å². The maximum atomic E-state index is 13.1. The van der Waals surface area contributed by atoms with Crippen LogP contribution >= 0.6 is 0 Å². The number of ether oxygens (including phenoxy) is 1. The van der Waals surface area contributed by atoms with Crippen molar-refractivity contribution >= 4 is 12.6 Å². The van der Waals surface area contributed by atoms with Gasteiger partial charge in [0.05, 0.1) is 6.10 Å². The van der Waals surface area contributed by atoms with Gasteiger partial charge in [0.2, 0.25) is 5.82 Å². The predicted molar refractivity (Wildman–Crippen MR) is 51.9 cm³/mol. The summed E-state index contributed by atoms with van der Waals surface area (Å²) in [5, 5.41) is 17.6. The van der Waals surface area contributed by atoms with Crippen molar-refractivity contribution in [3.05, 3.63) is 23.8 Å². The molecular weight excluding hydrogens is 205 g/mol. The van der Waals surface area contributed by atoms with E-state index in [1.165, 1.54) is 0 Å². The molecule has 0 atom stereocenters. The van der Waals surface area contributed by atoms with E-state index in [0.717, 1.165) is 6.07 Å². The standard InChI is InChI=1S/C9H11BF2O3/c1-5(2)15-8-4-6(10(13)14)3-7(11)9(8)12/h3-5,13-14H,1-2H3. The first-order valence-electron chi connectivity index (χ1n) is 4.43. The molecule has 0 aliphatic heterocycles. The summed E-state index contributed by atoms with van der Waals surface area (Å²) in [4.78, 5) is 0. The Morgan fingerprint density at radius 3 is 2.33 bits per heavy atom. The van der Waals surface area contributed by atoms with Gasteiger partial charge >= 0.3 is 7.12 Å². The van der Waals surface area contributed by atoms with Crippen LogP contribution in [0, 0.1) is 11.6 Å². The van der Waals surface area contributed by atoms with E-state index in [2.05, 4.69) is 0 Å². The minimum atomic E-state index is -1.85. The summed E-state index contributed by atoms with van der Waals surface area (Å²) < 4.78 is 31.1. The number of rotatable bonds is 3. The second-order valence-corrected chi connectivity index (χ2v) is 3.36. The van der Waals surface area contributed by atoms with Gasteiger partial charge in [0.15, 0.2) is 11.6 Å². The number of benzene rings is 1. The highest BCUT2D eigenvalue weighted by molar-refractivity contribution is 6.58. The molecule has 1 aromatic rings. The van der Waals surface area contributed by atoms with Crippen LogP contribution in [0.5, 0.6) is 5.75 Å². The van der Waals surface area contributed by atoms with Crippen LogP contribution in [-0.2, 0) is 0 Å². The summed E-state index contributed by atoms with van der Waals surface area (Å²) in [6.45, 7) is 3.30. The van der Waals surface area contributed by atoms with Gasteiger partial charge < -0.3 is 14.8 Å². The van der Waals surface area contributed by atoms with Crippen molar-refractivity contribution in [2.24, 2.45) is 0 Å². The molecule has 1 aromatic carbocycles. The molecule has 0 saturated heterocycles. The summed E-state index contributed by atoms with van der Waals surface area (Å²) in [5.41, 5.74) is -0.149. The third-order valence-electron chi connectivity index (χ3n) is 1.68. The highest BCUT2D eigenvalue weighted by Gasteiger charge is 2.19. The normalized spacial score (nSPS) is 10.6. The van der Waals surface area contributed by atoms with Crippen molar-refractivity contribution in [1.29, 1.82) is 0 Å². The van der Waals surface area contributed by atoms with E-state index in [-0.39, 0.29) is 17.3 Å². The van der Waals surface area contributed by atoms with Crippen molar-refractivity contribution in [2.75, 3.05) is 0 Å². The van der Waals surface area contributed by atoms with E-state index in [4.69, 9.17) is 14.8 Å². The monoisotopic (exact) mass is 216 g/mol. The van der Waals surface area contributed by atoms with Crippen LogP contribution in [0.25, 0.3) is 0 Å². The predicted octanol–water partition coefficient (Wildman–Crippen LogP) is 0.432. The molecule has 82 valence electrons. The topological polar surface area (TPSA) is 49.7 Å². The Bertz CT molecular complexity index is 355. The maximum Gasteiger partial charge on any atom is 0.488 e. The van der Waals surface area contributed by atoms with Gasteiger partial charge in [-0.2, -0.15) is 4.39 Å². The van der Waals surface area contributed by atoms with Gasteiger partial charge in [0.1, 0.15) is 0 Å². The van der Waals surface area contributed by atoms with Crippen molar-refractivity contribution in [2.45, 2.75) is 20.0 Å². The van der Waals surface area contributed by atoms with Gasteiger partial charge in [-0.05, 0) is 31.4 Å². The summed E-state index contributed by atoms with van der Waals surface area (Å²) >= 11 is 0. The molecule has 0 unspecified atom stereocenters. The van der Waals surface area contributed by atoms with Gasteiger partial charge in [-0.25, -0.2) is 4.39 Å². The van der Waals surface area contributed by atoms with E-state index >= 15 is 0 Å². The molecule has 0 fully saturated rings. The van der Waals surface area contributed by atoms with E-state index in [0.29, 0.717) is 6.07 Å². The molecule has 0 bridgehead atoms. The molecule has 0 spiro atoms. The van der Waals surface area contributed by atoms with Gasteiger partial charge in [-0.3, -0.25) is 0 Å². The Morgan fingerprint density at radius 2 is 1.87 bits per heavy atom. The molecular formula is C9H11BF2O3. The third kappa shape index (κ3) is 2.90. The summed E-state index contributed by atoms with van der Waals surface area (Å²) in [6, 6.07) is 1.77. The number of hydrogen-bond acceptors (Lipinski definition) is 3. The van der Waals surface area contributed by atoms with Crippen LogP contribution in [0.3, 0.4) is 0 Å². The largest absolute Gasteiger partial charge is 0.488 e. The Hall–Kier alpha value is -1.14. The van der Waals surface area contributed by atoms with Gasteiger partial charge in [0, 0.05) is 0 Å². The Kier molecular flexibility index (Phi) is 3.65. The van der Waals surface area contributed by atoms with Crippen LogP contribution < -0.4 is 10.2 Å². The summed E-state index contributed by atoms with van der Waals surface area (Å²) in [6.07, 6.45) is -0.329. The molecule has 0 heterocycles. The van der Waals surface area contributed by atoms with Gasteiger partial charge in [-0.1, -0.05) is 0 Å². The molecule has 1 rings (SSSR count). The van der Waals surface area contributed by atoms with Crippen LogP contribution in [0.15, 0.2) is 12.1 Å². The van der Waals surface area contributed by atoms with Crippen LogP contribution in [0.4, 0.5) is 8.78 Å². The molecule has 3 nitrogen and oxygen atoms in total. The fraction of sp³-hybridized carbons (Fsp3) is 0.333. The fourth-order valence-corrected chi connectivity index (χ4v) is 1.07. The lowest BCUT2D eigenvalue weighted by atomic mass is 9.80. The molecule has 0 aliphatic rings. The lowest BCUT2D eigenvalue weighted by Gasteiger charge is -2.12. The zero-order valence-corrected chi connectivity index (χ0v) is 8.37. The summed E-state index contributed by atoms with van der Waals surface area (Å²) in [7, 11) is -1.85. The van der Waals surface area contributed by atoms with Crippen LogP contribution in [-0.4, -0.2) is 23.3 Å². The molecule has 0 amide bonds. The van der Waals surface area contributed by atoms with Gasteiger partial charge in [-0.15, -0.1) is 0 Å². The second kappa shape index (κ2) is 4.59. The minimum absolute atomic E-state index is 0.149. The van der Waals surface area contributed by atoms with Crippen molar-refractivity contribution < 1.29 is 23.6 Å². The summed E-state index contributed by atoms with van der Waals surface area (Å²) in [5.74, 6) is -2.63. The smallest absolute Gasteiger partial charge is 0.488 e. The first kappa shape index (κ1) is 11.9. The third-order valence-corrected chi connectivity index (χ3v) is 1.68. The highest BCUT2D eigenvalue weighted by Crippen LogP contribution is 2.19. The molecule has 15 heavy (non-hydrogen) atoms. The Morgan fingerprint density at radius 1 is 1.27 bits per heavy atom. The fourth-order valence-electron chi connectivity index (χ4n) is 1.07. The van der Waals surface area contributed by atoms with Gasteiger partial charge in [0.25, 0.3) is 0 Å². The Labute approximate surface area is 86.5 Å². The average molecular weight is 216 g/mol. The van der Waals surface area contributed by atoms with Crippen molar-refractivity contribution in [3.63, 3.8) is 0 Å². The molecule has 2 N–H and O–H groups in total. The second-order valence-electron chi connectivity index (χ2n) is 3.36. The highest BCUT2D eigenvalue weighted by atomic mass is 19.2. The average Bonchev–Trinajstić information content (AvgIpc) is 2.11. The maximum absolute atomic E-state index is 13.1. The lowest BCUT2D eigenvalue weighted by Crippen LogP contribution is -2.30. The molecule has 0 saturated carbocycles. The quantitative estimate of drug-likeness (QED) is 0.720. The number of halogens is 2. The SMILES string of the molecule is CC(C)Oc1cc(B(O)O)cc(F)c1F. The van der Waals surface area contributed by atoms with E-state index in [9.17, 15) is 8.78 Å². The molecule has 0 aromatic heterocycles. The zero-order valence-electron chi connectivity index (χ0n) is 8.37. The zero-order chi connectivity index (χ0) is 11.6. The minimum Gasteiger partial charge on any atom is -0.488 e. The van der Waals surface area contributed by atoms with E-state index < -0.39 is 18.8 Å². The first-order valence-corrected chi connectivity index (χ1v) is 4.43. The van der Waals surface area contributed by atoms with Crippen molar-refractivity contribution in [1.82, 2.24) is 0 Å². The van der Waals surface area contributed by atoms with Crippen LogP contribution in [0.1, 0.15) is 13.8 Å². The molecule has 0 radical (unpaired) electrons. The lowest BCUT2D eigenvalue weighted by molar-refractivity contribution is 0.228. The van der Waals surface area contributed by atoms with E-state index in [1.807, 2.05) is 0 Å².